The van der Waals surface area contributed by atoms with Gasteiger partial charge >= 0.3 is 5.97 Å². The van der Waals surface area contributed by atoms with Crippen molar-refractivity contribution in [3.8, 4) is 0 Å². The van der Waals surface area contributed by atoms with E-state index in [1.807, 2.05) is 32.0 Å². The zero-order valence-electron chi connectivity index (χ0n) is 11.3. The number of esters is 1. The largest absolute Gasteiger partial charge is 0.465 e. The minimum atomic E-state index is -0.292. The van der Waals surface area contributed by atoms with Gasteiger partial charge < -0.3 is 9.64 Å². The number of fused-ring (bicyclic) bond motifs is 1. The Labute approximate surface area is 118 Å². The van der Waals surface area contributed by atoms with Crippen LogP contribution in [0, 0.1) is 6.92 Å². The van der Waals surface area contributed by atoms with Crippen LogP contribution in [0.5, 0.6) is 0 Å². The SMILES string of the molecule is CCOC(=O)CN1C(Cl)=Nc2cccc(C)c2C1C. The van der Waals surface area contributed by atoms with Crippen molar-refractivity contribution >= 4 is 28.6 Å². The van der Waals surface area contributed by atoms with Gasteiger partial charge in [0.15, 0.2) is 5.29 Å². The molecule has 5 heteroatoms. The molecule has 0 aromatic heterocycles. The fourth-order valence-electron chi connectivity index (χ4n) is 2.33. The summed E-state index contributed by atoms with van der Waals surface area (Å²) in [6, 6.07) is 5.93. The summed E-state index contributed by atoms with van der Waals surface area (Å²) in [5, 5.41) is 0.332. The Balaban J connectivity index is 2.30. The average molecular weight is 281 g/mol. The lowest BCUT2D eigenvalue weighted by Gasteiger charge is -2.33. The number of aliphatic imine (C=N–C) groups is 1. The van der Waals surface area contributed by atoms with Crippen LogP contribution >= 0.6 is 11.6 Å². The van der Waals surface area contributed by atoms with Gasteiger partial charge in [-0.3, -0.25) is 4.79 Å². The standard InChI is InChI=1S/C14H17ClN2O2/c1-4-19-12(18)8-17-10(3)13-9(2)6-5-7-11(13)16-14(17)15/h5-7,10H,4,8H2,1-3H3. The van der Waals surface area contributed by atoms with Crippen LogP contribution in [0.2, 0.25) is 0 Å². The zero-order valence-corrected chi connectivity index (χ0v) is 12.1. The van der Waals surface area contributed by atoms with Crippen LogP contribution in [-0.4, -0.2) is 29.3 Å². The van der Waals surface area contributed by atoms with Crippen molar-refractivity contribution in [1.29, 1.82) is 0 Å². The maximum absolute atomic E-state index is 11.6. The summed E-state index contributed by atoms with van der Waals surface area (Å²) in [6.07, 6.45) is 0. The molecule has 4 nitrogen and oxygen atoms in total. The van der Waals surface area contributed by atoms with Gasteiger partial charge in [0.25, 0.3) is 0 Å². The van der Waals surface area contributed by atoms with E-state index >= 15 is 0 Å². The third kappa shape index (κ3) is 2.73. The van der Waals surface area contributed by atoms with Crippen LogP contribution in [0.4, 0.5) is 5.69 Å². The Kier molecular flexibility index (Phi) is 4.10. The second-order valence-electron chi connectivity index (χ2n) is 4.50. The fourth-order valence-corrected chi connectivity index (χ4v) is 2.63. The minimum absolute atomic E-state index is 0.00519. The van der Waals surface area contributed by atoms with E-state index in [-0.39, 0.29) is 18.6 Å². The smallest absolute Gasteiger partial charge is 0.325 e. The molecule has 19 heavy (non-hydrogen) atoms. The summed E-state index contributed by atoms with van der Waals surface area (Å²) in [7, 11) is 0. The lowest BCUT2D eigenvalue weighted by molar-refractivity contribution is -0.143. The first-order valence-corrected chi connectivity index (χ1v) is 6.68. The van der Waals surface area contributed by atoms with E-state index in [2.05, 4.69) is 4.99 Å². The molecule has 0 amide bonds. The van der Waals surface area contributed by atoms with Crippen molar-refractivity contribution in [2.75, 3.05) is 13.2 Å². The lowest BCUT2D eigenvalue weighted by atomic mass is 9.98. The molecule has 1 aromatic rings. The molecule has 1 unspecified atom stereocenters. The van der Waals surface area contributed by atoms with E-state index in [1.54, 1.807) is 11.8 Å². The van der Waals surface area contributed by atoms with Gasteiger partial charge in [-0.25, -0.2) is 4.99 Å². The van der Waals surface area contributed by atoms with Crippen LogP contribution < -0.4 is 0 Å². The van der Waals surface area contributed by atoms with Crippen LogP contribution in [0.1, 0.15) is 31.0 Å². The minimum Gasteiger partial charge on any atom is -0.465 e. The van der Waals surface area contributed by atoms with Crippen LogP contribution in [0.3, 0.4) is 0 Å². The summed E-state index contributed by atoms with van der Waals surface area (Å²) in [6.45, 7) is 6.32. The van der Waals surface area contributed by atoms with E-state index in [1.165, 1.54) is 0 Å². The first-order valence-electron chi connectivity index (χ1n) is 6.30. The topological polar surface area (TPSA) is 41.9 Å². The number of halogens is 1. The molecule has 1 heterocycles. The number of amidine groups is 1. The molecule has 0 saturated carbocycles. The predicted octanol–water partition coefficient (Wildman–Crippen LogP) is 3.16. The summed E-state index contributed by atoms with van der Waals surface area (Å²) >= 11 is 6.17. The Morgan fingerprint density at radius 2 is 2.26 bits per heavy atom. The molecule has 1 aromatic carbocycles. The highest BCUT2D eigenvalue weighted by Crippen LogP contribution is 2.37. The van der Waals surface area contributed by atoms with Crippen molar-refractivity contribution < 1.29 is 9.53 Å². The van der Waals surface area contributed by atoms with Gasteiger partial charge in [-0.2, -0.15) is 0 Å². The maximum Gasteiger partial charge on any atom is 0.325 e. The fraction of sp³-hybridized carbons (Fsp3) is 0.429. The number of carbonyl (C=O) groups is 1. The van der Waals surface area contributed by atoms with E-state index in [0.717, 1.165) is 16.8 Å². The number of rotatable bonds is 3. The number of carbonyl (C=O) groups excluding carboxylic acids is 1. The number of benzene rings is 1. The van der Waals surface area contributed by atoms with Gasteiger partial charge in [0, 0.05) is 5.56 Å². The normalized spacial score (nSPS) is 17.8. The third-order valence-corrected chi connectivity index (χ3v) is 3.54. The Hall–Kier alpha value is -1.55. The number of nitrogens with zero attached hydrogens (tertiary/aromatic N) is 2. The second-order valence-corrected chi connectivity index (χ2v) is 4.84. The lowest BCUT2D eigenvalue weighted by Crippen LogP contribution is -2.38. The van der Waals surface area contributed by atoms with Gasteiger partial charge in [-0.15, -0.1) is 0 Å². The zero-order chi connectivity index (χ0) is 14.0. The van der Waals surface area contributed by atoms with E-state index in [4.69, 9.17) is 16.3 Å². The Bertz CT molecular complexity index is 528. The molecule has 0 radical (unpaired) electrons. The Morgan fingerprint density at radius 3 is 2.95 bits per heavy atom. The molecule has 102 valence electrons. The van der Waals surface area contributed by atoms with Crippen molar-refractivity contribution in [2.45, 2.75) is 26.8 Å². The van der Waals surface area contributed by atoms with Crippen LogP contribution in [-0.2, 0) is 9.53 Å². The molecule has 0 fully saturated rings. The molecule has 0 saturated heterocycles. The maximum atomic E-state index is 11.6. The van der Waals surface area contributed by atoms with Gasteiger partial charge in [-0.1, -0.05) is 12.1 Å². The number of hydrogen-bond acceptors (Lipinski definition) is 4. The average Bonchev–Trinajstić information content (AvgIpc) is 2.34. The summed E-state index contributed by atoms with van der Waals surface area (Å²) in [5.41, 5.74) is 3.13. The first kappa shape index (κ1) is 13.9. The second kappa shape index (κ2) is 5.61. The van der Waals surface area contributed by atoms with Crippen LogP contribution in [0.25, 0.3) is 0 Å². The van der Waals surface area contributed by atoms with E-state index < -0.39 is 0 Å². The molecule has 0 spiro atoms. The van der Waals surface area contributed by atoms with Gasteiger partial charge in [-0.05, 0) is 44.0 Å². The molecule has 0 aliphatic carbocycles. The molecule has 1 aliphatic heterocycles. The highest BCUT2D eigenvalue weighted by molar-refractivity contribution is 6.65. The summed E-state index contributed by atoms with van der Waals surface area (Å²) < 4.78 is 4.97. The summed E-state index contributed by atoms with van der Waals surface area (Å²) in [4.78, 5) is 17.7. The molecular weight excluding hydrogens is 264 g/mol. The van der Waals surface area contributed by atoms with Crippen molar-refractivity contribution in [2.24, 2.45) is 4.99 Å². The van der Waals surface area contributed by atoms with Gasteiger partial charge in [0.05, 0.1) is 18.3 Å². The van der Waals surface area contributed by atoms with Crippen LogP contribution in [0.15, 0.2) is 23.2 Å². The number of ether oxygens (including phenoxy) is 1. The molecule has 2 rings (SSSR count). The first-order chi connectivity index (χ1) is 9.04. The number of hydrogen-bond donors (Lipinski definition) is 0. The van der Waals surface area contributed by atoms with E-state index in [9.17, 15) is 4.79 Å². The third-order valence-electron chi connectivity index (χ3n) is 3.24. The monoisotopic (exact) mass is 280 g/mol. The quantitative estimate of drug-likeness (QED) is 0.631. The van der Waals surface area contributed by atoms with Crippen molar-refractivity contribution in [1.82, 2.24) is 4.90 Å². The Morgan fingerprint density at radius 1 is 1.53 bits per heavy atom. The molecule has 1 aliphatic rings. The predicted molar refractivity (Wildman–Crippen MR) is 75.9 cm³/mol. The molecule has 1 atom stereocenters. The molecular formula is C14H17ClN2O2. The van der Waals surface area contributed by atoms with Gasteiger partial charge in [0.1, 0.15) is 6.54 Å². The van der Waals surface area contributed by atoms with Gasteiger partial charge in [0.2, 0.25) is 0 Å². The highest BCUT2D eigenvalue weighted by atomic mass is 35.5. The van der Waals surface area contributed by atoms with E-state index in [0.29, 0.717) is 11.9 Å². The highest BCUT2D eigenvalue weighted by Gasteiger charge is 2.28. The molecule has 0 bridgehead atoms. The summed E-state index contributed by atoms with van der Waals surface area (Å²) in [5.74, 6) is -0.292. The van der Waals surface area contributed by atoms with Crippen molar-refractivity contribution in [3.63, 3.8) is 0 Å². The number of aryl methyl sites for hydroxylation is 1. The molecule has 0 N–H and O–H groups in total. The van der Waals surface area contributed by atoms with Crippen molar-refractivity contribution in [3.05, 3.63) is 29.3 Å².